The maximum absolute atomic E-state index is 12.7. The van der Waals surface area contributed by atoms with Crippen LogP contribution in [0.15, 0.2) is 38.9 Å². The molecule has 0 atom stereocenters. The maximum atomic E-state index is 12.7. The van der Waals surface area contributed by atoms with E-state index in [9.17, 15) is 9.59 Å². The lowest BCUT2D eigenvalue weighted by atomic mass is 10.2. The highest BCUT2D eigenvalue weighted by molar-refractivity contribution is 9.10. The Morgan fingerprint density at radius 1 is 1.07 bits per heavy atom. The smallest absolute Gasteiger partial charge is 0.248 e. The van der Waals surface area contributed by atoms with Gasteiger partial charge in [-0.2, -0.15) is 10.1 Å². The van der Waals surface area contributed by atoms with E-state index in [2.05, 4.69) is 26.0 Å². The quantitative estimate of drug-likeness (QED) is 0.645. The van der Waals surface area contributed by atoms with Crippen molar-refractivity contribution in [2.24, 2.45) is 5.10 Å². The third kappa shape index (κ3) is 4.01. The second kappa shape index (κ2) is 8.39. The van der Waals surface area contributed by atoms with E-state index < -0.39 is 0 Å². The lowest BCUT2D eigenvalue weighted by Crippen LogP contribution is -2.30. The standard InChI is InChI=1S/C19H21BrN4O2S/c1-4-6-15(25)23-12(3)21-17-19(23)27-18(13-8-10-14(20)11-9-13)22-24(17)16(26)7-5-2/h8-11H,4-7H2,1-3H3. The third-order valence-electron chi connectivity index (χ3n) is 4.08. The molecule has 0 bridgehead atoms. The Kier molecular flexibility index (Phi) is 6.16. The van der Waals surface area contributed by atoms with E-state index in [-0.39, 0.29) is 11.8 Å². The molecule has 27 heavy (non-hydrogen) atoms. The number of imidazole rings is 1. The lowest BCUT2D eigenvalue weighted by molar-refractivity contribution is -0.118. The van der Waals surface area contributed by atoms with Gasteiger partial charge in [0.25, 0.3) is 0 Å². The summed E-state index contributed by atoms with van der Waals surface area (Å²) in [6, 6.07) is 7.73. The van der Waals surface area contributed by atoms with Crippen LogP contribution in [0.5, 0.6) is 0 Å². The Labute approximate surface area is 171 Å². The van der Waals surface area contributed by atoms with Crippen molar-refractivity contribution in [1.82, 2.24) is 9.55 Å². The van der Waals surface area contributed by atoms with Crippen LogP contribution in [0.25, 0.3) is 0 Å². The number of nitrogens with zero attached hydrogens (tertiary/aromatic N) is 4. The van der Waals surface area contributed by atoms with Gasteiger partial charge < -0.3 is 0 Å². The van der Waals surface area contributed by atoms with Gasteiger partial charge >= 0.3 is 0 Å². The van der Waals surface area contributed by atoms with E-state index in [0.29, 0.717) is 34.6 Å². The number of halogens is 1. The fourth-order valence-corrected chi connectivity index (χ4v) is 4.17. The molecule has 2 heterocycles. The molecule has 1 amide bonds. The van der Waals surface area contributed by atoms with Crippen LogP contribution in [-0.4, -0.2) is 26.4 Å². The second-order valence-corrected chi connectivity index (χ2v) is 8.13. The van der Waals surface area contributed by atoms with Gasteiger partial charge in [-0.1, -0.05) is 41.9 Å². The minimum absolute atomic E-state index is 0.0174. The van der Waals surface area contributed by atoms with Crippen LogP contribution in [0, 0.1) is 6.92 Å². The number of amides is 1. The first-order chi connectivity index (χ1) is 13.0. The highest BCUT2D eigenvalue weighted by Gasteiger charge is 2.32. The van der Waals surface area contributed by atoms with Crippen LogP contribution in [0.1, 0.15) is 55.7 Å². The number of thioether (sulfide) groups is 1. The zero-order valence-electron chi connectivity index (χ0n) is 15.5. The van der Waals surface area contributed by atoms with Crippen LogP contribution in [0.4, 0.5) is 5.82 Å². The molecule has 0 saturated carbocycles. The Hall–Kier alpha value is -1.93. The van der Waals surface area contributed by atoms with Crippen LogP contribution in [-0.2, 0) is 4.79 Å². The Bertz CT molecular complexity index is 905. The van der Waals surface area contributed by atoms with Gasteiger partial charge in [0.15, 0.2) is 5.82 Å². The van der Waals surface area contributed by atoms with Crippen LogP contribution < -0.4 is 5.01 Å². The van der Waals surface area contributed by atoms with Crippen molar-refractivity contribution in [3.63, 3.8) is 0 Å². The first-order valence-electron chi connectivity index (χ1n) is 8.94. The predicted molar refractivity (Wildman–Crippen MR) is 111 cm³/mol. The summed E-state index contributed by atoms with van der Waals surface area (Å²) in [7, 11) is 0. The molecule has 0 unspecified atom stereocenters. The normalized spacial score (nSPS) is 13.3. The van der Waals surface area contributed by atoms with Crippen molar-refractivity contribution in [3.8, 4) is 0 Å². The van der Waals surface area contributed by atoms with Gasteiger partial charge in [-0.3, -0.25) is 14.2 Å². The molecule has 1 aromatic carbocycles. The zero-order chi connectivity index (χ0) is 19.6. The van der Waals surface area contributed by atoms with Gasteiger partial charge in [-0.25, -0.2) is 4.98 Å². The summed E-state index contributed by atoms with van der Waals surface area (Å²) in [5, 5.41) is 7.25. The topological polar surface area (TPSA) is 67.6 Å². The molecule has 0 aliphatic carbocycles. The molecule has 142 valence electrons. The van der Waals surface area contributed by atoms with E-state index in [1.54, 1.807) is 11.5 Å². The minimum Gasteiger partial charge on any atom is -0.274 e. The number of rotatable bonds is 5. The molecule has 0 spiro atoms. The molecule has 3 rings (SSSR count). The highest BCUT2D eigenvalue weighted by atomic mass is 79.9. The van der Waals surface area contributed by atoms with Crippen LogP contribution in [0.3, 0.4) is 0 Å². The van der Waals surface area contributed by atoms with Gasteiger partial charge in [0.2, 0.25) is 11.8 Å². The molecule has 1 aromatic heterocycles. The van der Waals surface area contributed by atoms with E-state index in [1.165, 1.54) is 16.8 Å². The fraction of sp³-hybridized carbons (Fsp3) is 0.368. The number of aryl methyl sites for hydroxylation is 1. The van der Waals surface area contributed by atoms with E-state index >= 15 is 0 Å². The van der Waals surface area contributed by atoms with Crippen molar-refractivity contribution in [2.75, 3.05) is 5.01 Å². The SMILES string of the molecule is CCCC(=O)N1N=C(c2ccc(Br)cc2)Sc2c1nc(C)n2C(=O)CCC. The molecule has 8 heteroatoms. The average molecular weight is 449 g/mol. The number of benzene rings is 1. The number of carbonyl (C=O) groups excluding carboxylic acids is 2. The molecular formula is C19H21BrN4O2S. The summed E-state index contributed by atoms with van der Waals surface area (Å²) in [6.45, 7) is 5.70. The molecular weight excluding hydrogens is 428 g/mol. The monoisotopic (exact) mass is 448 g/mol. The fourth-order valence-electron chi connectivity index (χ4n) is 2.80. The predicted octanol–water partition coefficient (Wildman–Crippen LogP) is 4.99. The summed E-state index contributed by atoms with van der Waals surface area (Å²) < 4.78 is 2.58. The number of hydrazone groups is 1. The Morgan fingerprint density at radius 3 is 2.33 bits per heavy atom. The van der Waals surface area contributed by atoms with E-state index in [0.717, 1.165) is 22.9 Å². The van der Waals surface area contributed by atoms with Gasteiger partial charge in [0, 0.05) is 22.9 Å². The van der Waals surface area contributed by atoms with Crippen LogP contribution >= 0.6 is 27.7 Å². The molecule has 0 N–H and O–H groups in total. The first-order valence-corrected chi connectivity index (χ1v) is 10.5. The van der Waals surface area contributed by atoms with Crippen molar-refractivity contribution in [2.45, 2.75) is 51.5 Å². The number of anilines is 1. The first kappa shape index (κ1) is 19.8. The van der Waals surface area contributed by atoms with Crippen molar-refractivity contribution < 1.29 is 9.59 Å². The van der Waals surface area contributed by atoms with Crippen LogP contribution in [0.2, 0.25) is 0 Å². The second-order valence-electron chi connectivity index (χ2n) is 6.24. The number of aromatic nitrogens is 2. The van der Waals surface area contributed by atoms with Crippen molar-refractivity contribution >= 4 is 50.4 Å². The van der Waals surface area contributed by atoms with Crippen molar-refractivity contribution in [3.05, 3.63) is 40.1 Å². The number of carbonyl (C=O) groups is 2. The minimum atomic E-state index is -0.124. The Morgan fingerprint density at radius 2 is 1.70 bits per heavy atom. The van der Waals surface area contributed by atoms with Crippen molar-refractivity contribution in [1.29, 1.82) is 0 Å². The largest absolute Gasteiger partial charge is 0.274 e. The molecule has 1 aliphatic rings. The average Bonchev–Trinajstić information content (AvgIpc) is 2.97. The van der Waals surface area contributed by atoms with E-state index in [4.69, 9.17) is 0 Å². The lowest BCUT2D eigenvalue weighted by Gasteiger charge is -2.23. The summed E-state index contributed by atoms with van der Waals surface area (Å²) in [6.07, 6.45) is 2.27. The summed E-state index contributed by atoms with van der Waals surface area (Å²) in [4.78, 5) is 29.8. The number of fused-ring (bicyclic) bond motifs is 1. The highest BCUT2D eigenvalue weighted by Crippen LogP contribution is 2.39. The summed E-state index contributed by atoms with van der Waals surface area (Å²) in [5.74, 6) is 0.881. The third-order valence-corrected chi connectivity index (χ3v) is 5.67. The Balaban J connectivity index is 2.10. The van der Waals surface area contributed by atoms with E-state index in [1.807, 2.05) is 38.1 Å². The molecule has 6 nitrogen and oxygen atoms in total. The molecule has 0 radical (unpaired) electrons. The zero-order valence-corrected chi connectivity index (χ0v) is 17.9. The summed E-state index contributed by atoms with van der Waals surface area (Å²) >= 11 is 4.81. The number of hydrogen-bond acceptors (Lipinski definition) is 5. The van der Waals surface area contributed by atoms with Gasteiger partial charge in [0.05, 0.1) is 0 Å². The van der Waals surface area contributed by atoms with Gasteiger partial charge in [0.1, 0.15) is 15.9 Å². The number of hydrogen-bond donors (Lipinski definition) is 0. The maximum Gasteiger partial charge on any atom is 0.248 e. The molecule has 2 aromatic rings. The summed E-state index contributed by atoms with van der Waals surface area (Å²) in [5.41, 5.74) is 0.886. The van der Waals surface area contributed by atoms with Gasteiger partial charge in [-0.15, -0.1) is 0 Å². The molecule has 0 saturated heterocycles. The van der Waals surface area contributed by atoms with Gasteiger partial charge in [-0.05, 0) is 43.7 Å². The molecule has 1 aliphatic heterocycles. The molecule has 0 fully saturated rings.